The molecule has 0 amide bonds. The van der Waals surface area contributed by atoms with Crippen molar-refractivity contribution in [2.45, 2.75) is 6.92 Å². The van der Waals surface area contributed by atoms with Gasteiger partial charge in [0.05, 0.1) is 0 Å². The smallest absolute Gasteiger partial charge is 0.198 e. The third-order valence-electron chi connectivity index (χ3n) is 2.76. The van der Waals surface area contributed by atoms with Gasteiger partial charge < -0.3 is 15.7 Å². The number of hydrogen-bond donors (Lipinski definition) is 2. The van der Waals surface area contributed by atoms with Gasteiger partial charge in [-0.1, -0.05) is 11.2 Å². The minimum atomic E-state index is -1.06. The Morgan fingerprint density at radius 3 is 2.24 bits per heavy atom. The van der Waals surface area contributed by atoms with Crippen LogP contribution in [0.2, 0.25) is 0 Å². The van der Waals surface area contributed by atoms with Crippen LogP contribution in [-0.2, 0) is 0 Å². The van der Waals surface area contributed by atoms with E-state index in [1.165, 1.54) is 12.1 Å². The quantitative estimate of drug-likeness (QED) is 0.395. The van der Waals surface area contributed by atoms with Crippen molar-refractivity contribution in [3.8, 4) is 11.5 Å². The van der Waals surface area contributed by atoms with Crippen LogP contribution in [0, 0.1) is 24.4 Å². The summed E-state index contributed by atoms with van der Waals surface area (Å²) in [5.74, 6) is -3.86. The van der Waals surface area contributed by atoms with Gasteiger partial charge in [-0.2, -0.15) is 0 Å². The van der Waals surface area contributed by atoms with Crippen molar-refractivity contribution >= 4 is 5.84 Å². The largest absolute Gasteiger partial charge is 0.451 e. The maximum Gasteiger partial charge on any atom is 0.198 e. The van der Waals surface area contributed by atoms with Gasteiger partial charge in [0, 0.05) is 11.6 Å². The van der Waals surface area contributed by atoms with Gasteiger partial charge in [0.15, 0.2) is 23.2 Å². The van der Waals surface area contributed by atoms with Gasteiger partial charge in [-0.25, -0.2) is 13.2 Å². The van der Waals surface area contributed by atoms with Gasteiger partial charge in [0.2, 0.25) is 0 Å². The third kappa shape index (κ3) is 3.07. The van der Waals surface area contributed by atoms with Crippen molar-refractivity contribution in [1.29, 1.82) is 0 Å². The molecule has 110 valence electrons. The fourth-order valence-electron chi connectivity index (χ4n) is 1.62. The van der Waals surface area contributed by atoms with Gasteiger partial charge in [-0.05, 0) is 30.7 Å². The SMILES string of the molecule is Cc1ccc(Oc2c(F)cc(/C(N)=N/O)cc2F)cc1F. The van der Waals surface area contributed by atoms with E-state index in [0.717, 1.165) is 18.2 Å². The summed E-state index contributed by atoms with van der Waals surface area (Å²) in [6.07, 6.45) is 0. The molecular formula is C14H11F3N2O2. The number of benzene rings is 2. The standard InChI is InChI=1S/C14H11F3N2O2/c1-7-2-3-9(6-10(7)15)21-13-11(16)4-8(5-12(13)17)14(18)19-20/h2-6,20H,1H3,(H2,18,19). The Morgan fingerprint density at radius 2 is 1.71 bits per heavy atom. The van der Waals surface area contributed by atoms with Crippen LogP contribution in [0.25, 0.3) is 0 Å². The molecule has 0 fully saturated rings. The number of rotatable bonds is 3. The molecule has 0 aliphatic rings. The zero-order chi connectivity index (χ0) is 15.6. The Labute approximate surface area is 118 Å². The Kier molecular flexibility index (Phi) is 4.02. The third-order valence-corrected chi connectivity index (χ3v) is 2.76. The highest BCUT2D eigenvalue weighted by Crippen LogP contribution is 2.29. The summed E-state index contributed by atoms with van der Waals surface area (Å²) in [5, 5.41) is 11.1. The predicted molar refractivity (Wildman–Crippen MR) is 70.1 cm³/mol. The molecule has 2 aromatic rings. The highest BCUT2D eigenvalue weighted by molar-refractivity contribution is 5.97. The van der Waals surface area contributed by atoms with E-state index >= 15 is 0 Å². The van der Waals surface area contributed by atoms with E-state index in [4.69, 9.17) is 15.7 Å². The first kappa shape index (κ1) is 14.7. The van der Waals surface area contributed by atoms with Gasteiger partial charge in [0.25, 0.3) is 0 Å². The number of hydrogen-bond acceptors (Lipinski definition) is 3. The zero-order valence-corrected chi connectivity index (χ0v) is 10.9. The van der Waals surface area contributed by atoms with E-state index < -0.39 is 29.0 Å². The predicted octanol–water partition coefficient (Wildman–Crippen LogP) is 3.30. The average Bonchev–Trinajstić information content (AvgIpc) is 2.45. The monoisotopic (exact) mass is 296 g/mol. The number of oxime groups is 1. The number of halogens is 3. The van der Waals surface area contributed by atoms with Crippen LogP contribution in [0.15, 0.2) is 35.5 Å². The van der Waals surface area contributed by atoms with Crippen molar-refractivity contribution in [1.82, 2.24) is 0 Å². The summed E-state index contributed by atoms with van der Waals surface area (Å²) in [5.41, 5.74) is 5.48. The summed E-state index contributed by atoms with van der Waals surface area (Å²) in [7, 11) is 0. The van der Waals surface area contributed by atoms with Crippen LogP contribution in [-0.4, -0.2) is 11.0 Å². The molecule has 0 spiro atoms. The number of nitrogens with zero attached hydrogens (tertiary/aromatic N) is 1. The van der Waals surface area contributed by atoms with E-state index in [-0.39, 0.29) is 11.3 Å². The van der Waals surface area contributed by atoms with Crippen LogP contribution >= 0.6 is 0 Å². The number of ether oxygens (including phenoxy) is 1. The van der Waals surface area contributed by atoms with E-state index in [0.29, 0.717) is 5.56 Å². The molecule has 21 heavy (non-hydrogen) atoms. The fourth-order valence-corrected chi connectivity index (χ4v) is 1.62. The molecule has 0 aliphatic carbocycles. The van der Waals surface area contributed by atoms with Crippen molar-refractivity contribution < 1.29 is 23.1 Å². The zero-order valence-electron chi connectivity index (χ0n) is 10.9. The minimum absolute atomic E-state index is 0.0487. The molecular weight excluding hydrogens is 285 g/mol. The highest BCUT2D eigenvalue weighted by Gasteiger charge is 2.16. The molecule has 0 heterocycles. The Morgan fingerprint density at radius 1 is 1.10 bits per heavy atom. The molecule has 0 radical (unpaired) electrons. The summed E-state index contributed by atoms with van der Waals surface area (Å²) in [6.45, 7) is 1.55. The minimum Gasteiger partial charge on any atom is -0.451 e. The maximum atomic E-state index is 13.8. The van der Waals surface area contributed by atoms with Gasteiger partial charge >= 0.3 is 0 Å². The molecule has 0 saturated carbocycles. The van der Waals surface area contributed by atoms with Crippen LogP contribution in [0.3, 0.4) is 0 Å². The summed E-state index contributed by atoms with van der Waals surface area (Å²) < 4.78 is 46.0. The second-order valence-corrected chi connectivity index (χ2v) is 4.27. The molecule has 0 unspecified atom stereocenters. The first-order valence-electron chi connectivity index (χ1n) is 5.83. The fraction of sp³-hybridized carbons (Fsp3) is 0.0714. The van der Waals surface area contributed by atoms with Gasteiger partial charge in [0.1, 0.15) is 11.6 Å². The Bertz CT molecular complexity index is 694. The lowest BCUT2D eigenvalue weighted by Gasteiger charge is -2.10. The van der Waals surface area contributed by atoms with E-state index in [1.807, 2.05) is 0 Å². The Hall–Kier alpha value is -2.70. The molecule has 2 rings (SSSR count). The molecule has 0 saturated heterocycles. The van der Waals surface area contributed by atoms with E-state index in [2.05, 4.69) is 5.16 Å². The molecule has 4 nitrogen and oxygen atoms in total. The van der Waals surface area contributed by atoms with Crippen molar-refractivity contribution in [2.75, 3.05) is 0 Å². The van der Waals surface area contributed by atoms with Crippen LogP contribution in [0.5, 0.6) is 11.5 Å². The van der Waals surface area contributed by atoms with Gasteiger partial charge in [-0.15, -0.1) is 0 Å². The van der Waals surface area contributed by atoms with Gasteiger partial charge in [-0.3, -0.25) is 0 Å². The van der Waals surface area contributed by atoms with Crippen LogP contribution in [0.1, 0.15) is 11.1 Å². The molecule has 0 atom stereocenters. The van der Waals surface area contributed by atoms with Crippen LogP contribution in [0.4, 0.5) is 13.2 Å². The first-order chi connectivity index (χ1) is 9.92. The van der Waals surface area contributed by atoms with E-state index in [1.54, 1.807) is 6.92 Å². The lowest BCUT2D eigenvalue weighted by molar-refractivity contribution is 0.318. The second-order valence-electron chi connectivity index (χ2n) is 4.27. The van der Waals surface area contributed by atoms with Crippen molar-refractivity contribution in [2.24, 2.45) is 10.9 Å². The number of aryl methyl sites for hydroxylation is 1. The highest BCUT2D eigenvalue weighted by atomic mass is 19.1. The second kappa shape index (κ2) is 5.74. The molecule has 3 N–H and O–H groups in total. The van der Waals surface area contributed by atoms with Crippen LogP contribution < -0.4 is 10.5 Å². The lowest BCUT2D eigenvalue weighted by Crippen LogP contribution is -2.14. The topological polar surface area (TPSA) is 67.8 Å². The normalized spacial score (nSPS) is 11.5. The summed E-state index contributed by atoms with van der Waals surface area (Å²) in [4.78, 5) is 0. The molecule has 0 bridgehead atoms. The molecule has 0 aromatic heterocycles. The average molecular weight is 296 g/mol. The van der Waals surface area contributed by atoms with Crippen molar-refractivity contribution in [3.05, 3.63) is 58.9 Å². The first-order valence-corrected chi connectivity index (χ1v) is 5.83. The van der Waals surface area contributed by atoms with E-state index in [9.17, 15) is 13.2 Å². The number of nitrogens with two attached hydrogens (primary N) is 1. The number of amidine groups is 1. The molecule has 7 heteroatoms. The van der Waals surface area contributed by atoms with Crippen molar-refractivity contribution in [3.63, 3.8) is 0 Å². The maximum absolute atomic E-state index is 13.8. The lowest BCUT2D eigenvalue weighted by atomic mass is 10.2. The summed E-state index contributed by atoms with van der Waals surface area (Å²) >= 11 is 0. The molecule has 2 aromatic carbocycles. The Balaban J connectivity index is 2.38. The molecule has 0 aliphatic heterocycles. The summed E-state index contributed by atoms with van der Waals surface area (Å²) in [6, 6.07) is 5.52.